The molecule has 0 aliphatic carbocycles. The first kappa shape index (κ1) is 17.2. The Morgan fingerprint density at radius 3 is 2.52 bits per heavy atom. The molecule has 0 radical (unpaired) electrons. The van der Waals surface area contributed by atoms with Gasteiger partial charge >= 0.3 is 0 Å². The maximum absolute atomic E-state index is 12.3. The van der Waals surface area contributed by atoms with Gasteiger partial charge in [-0.15, -0.1) is 0 Å². The van der Waals surface area contributed by atoms with Gasteiger partial charge in [0.2, 0.25) is 0 Å². The van der Waals surface area contributed by atoms with Crippen molar-refractivity contribution in [2.45, 2.75) is 32.7 Å². The predicted molar refractivity (Wildman–Crippen MR) is 86.5 cm³/mol. The lowest BCUT2D eigenvalue weighted by Crippen LogP contribution is -2.52. The summed E-state index contributed by atoms with van der Waals surface area (Å²) in [6, 6.07) is 7.06. The van der Waals surface area contributed by atoms with E-state index >= 15 is 0 Å². The van der Waals surface area contributed by atoms with Gasteiger partial charge in [-0.1, -0.05) is 26.5 Å². The first-order valence-corrected chi connectivity index (χ1v) is 7.26. The average molecular weight is 290 g/mol. The third-order valence-electron chi connectivity index (χ3n) is 3.21. The van der Waals surface area contributed by atoms with Gasteiger partial charge < -0.3 is 15.8 Å². The second-order valence-electron chi connectivity index (χ2n) is 5.94. The average Bonchev–Trinajstić information content (AvgIpc) is 2.44. The van der Waals surface area contributed by atoms with E-state index in [2.05, 4.69) is 25.7 Å². The van der Waals surface area contributed by atoms with Crippen molar-refractivity contribution >= 4 is 5.91 Å². The highest BCUT2D eigenvalue weighted by Gasteiger charge is 2.26. The molecule has 21 heavy (non-hydrogen) atoms. The van der Waals surface area contributed by atoms with Gasteiger partial charge in [-0.3, -0.25) is 4.79 Å². The molecule has 0 aliphatic rings. The van der Waals surface area contributed by atoms with Crippen LogP contribution in [-0.4, -0.2) is 24.6 Å². The summed E-state index contributed by atoms with van der Waals surface area (Å²) in [6.45, 7) is 10.7. The molecule has 0 saturated heterocycles. The summed E-state index contributed by atoms with van der Waals surface area (Å²) in [5.41, 5.74) is 6.03. The van der Waals surface area contributed by atoms with Gasteiger partial charge in [0.1, 0.15) is 12.4 Å². The number of carbonyl (C=O) groups is 1. The van der Waals surface area contributed by atoms with E-state index in [0.717, 1.165) is 12.2 Å². The fraction of sp³-hybridized carbons (Fsp3) is 0.471. The van der Waals surface area contributed by atoms with Crippen LogP contribution in [-0.2, 0) is 0 Å². The summed E-state index contributed by atoms with van der Waals surface area (Å²) in [6.07, 6.45) is 2.52. The van der Waals surface area contributed by atoms with Crippen molar-refractivity contribution in [3.8, 4) is 5.75 Å². The van der Waals surface area contributed by atoms with Crippen molar-refractivity contribution in [1.82, 2.24) is 5.32 Å². The van der Waals surface area contributed by atoms with E-state index in [1.165, 1.54) is 0 Å². The van der Waals surface area contributed by atoms with Crippen LogP contribution >= 0.6 is 0 Å². The van der Waals surface area contributed by atoms with Crippen molar-refractivity contribution in [1.29, 1.82) is 0 Å². The molecule has 0 aromatic heterocycles. The molecular formula is C17H26N2O2. The number of hydrogen-bond donors (Lipinski definition) is 2. The number of benzene rings is 1. The van der Waals surface area contributed by atoms with Crippen LogP contribution in [0.15, 0.2) is 36.9 Å². The van der Waals surface area contributed by atoms with Crippen LogP contribution in [0.1, 0.15) is 37.6 Å². The van der Waals surface area contributed by atoms with Crippen molar-refractivity contribution in [2.75, 3.05) is 13.2 Å². The Kier molecular flexibility index (Phi) is 6.43. The highest BCUT2D eigenvalue weighted by atomic mass is 16.5. The van der Waals surface area contributed by atoms with Gasteiger partial charge in [-0.2, -0.15) is 0 Å². The summed E-state index contributed by atoms with van der Waals surface area (Å²) < 4.78 is 5.39. The maximum Gasteiger partial charge on any atom is 0.251 e. The Balaban J connectivity index is 2.72. The highest BCUT2D eigenvalue weighted by Crippen LogP contribution is 2.17. The number of hydrogen-bond acceptors (Lipinski definition) is 3. The Labute approximate surface area is 127 Å². The minimum atomic E-state index is -0.386. The lowest BCUT2D eigenvalue weighted by molar-refractivity contribution is 0.0898. The smallest absolute Gasteiger partial charge is 0.251 e. The van der Waals surface area contributed by atoms with Crippen molar-refractivity contribution in [3.63, 3.8) is 0 Å². The third-order valence-corrected chi connectivity index (χ3v) is 3.21. The van der Waals surface area contributed by atoms with Crippen LogP contribution in [0.25, 0.3) is 0 Å². The molecule has 1 unspecified atom stereocenters. The summed E-state index contributed by atoms with van der Waals surface area (Å²) in [5.74, 6) is 1.07. The summed E-state index contributed by atoms with van der Waals surface area (Å²) >= 11 is 0. The molecule has 3 N–H and O–H groups in total. The molecule has 0 aliphatic heterocycles. The Bertz CT molecular complexity index is 468. The van der Waals surface area contributed by atoms with Gasteiger partial charge in [0.25, 0.3) is 5.91 Å². The Morgan fingerprint density at radius 2 is 2.05 bits per heavy atom. The quantitative estimate of drug-likeness (QED) is 0.724. The lowest BCUT2D eigenvalue weighted by atomic mass is 9.90. The number of nitrogens with one attached hydrogen (secondary N) is 1. The van der Waals surface area contributed by atoms with Gasteiger partial charge in [0.15, 0.2) is 0 Å². The van der Waals surface area contributed by atoms with E-state index in [1.807, 2.05) is 6.92 Å². The van der Waals surface area contributed by atoms with Crippen LogP contribution in [0.3, 0.4) is 0 Å². The topological polar surface area (TPSA) is 64.3 Å². The summed E-state index contributed by atoms with van der Waals surface area (Å²) in [4.78, 5) is 12.3. The summed E-state index contributed by atoms with van der Waals surface area (Å²) in [7, 11) is 0. The molecule has 1 aromatic rings. The number of ether oxygens (including phenoxy) is 1. The van der Waals surface area contributed by atoms with Crippen molar-refractivity contribution in [3.05, 3.63) is 42.5 Å². The molecule has 0 fully saturated rings. The van der Waals surface area contributed by atoms with Crippen molar-refractivity contribution in [2.24, 2.45) is 11.7 Å². The molecule has 1 atom stereocenters. The van der Waals surface area contributed by atoms with E-state index in [-0.39, 0.29) is 11.4 Å². The minimum Gasteiger partial charge on any atom is -0.490 e. The SMILES string of the molecule is C=CCOc1ccc(C(=O)NC(C)(CN)CC(C)C)cc1. The number of rotatable bonds is 8. The van der Waals surface area contributed by atoms with Gasteiger partial charge in [0.05, 0.1) is 0 Å². The van der Waals surface area contributed by atoms with E-state index in [4.69, 9.17) is 10.5 Å². The van der Waals surface area contributed by atoms with Crippen molar-refractivity contribution < 1.29 is 9.53 Å². The lowest BCUT2D eigenvalue weighted by Gasteiger charge is -2.31. The molecule has 0 spiro atoms. The Morgan fingerprint density at radius 1 is 1.43 bits per heavy atom. The standard InChI is InChI=1S/C17H26N2O2/c1-5-10-21-15-8-6-14(7-9-15)16(20)19-17(4,12-18)11-13(2)3/h5-9,13H,1,10-12,18H2,2-4H3,(H,19,20). The van der Waals surface area contributed by atoms with Gasteiger partial charge in [0, 0.05) is 17.6 Å². The second-order valence-corrected chi connectivity index (χ2v) is 5.94. The minimum absolute atomic E-state index is 0.112. The normalized spacial score (nSPS) is 13.6. The van der Waals surface area contributed by atoms with E-state index in [1.54, 1.807) is 30.3 Å². The van der Waals surface area contributed by atoms with Gasteiger partial charge in [-0.05, 0) is 43.5 Å². The molecule has 1 rings (SSSR count). The monoisotopic (exact) mass is 290 g/mol. The molecule has 1 aromatic carbocycles. The predicted octanol–water partition coefficient (Wildman–Crippen LogP) is 2.74. The van der Waals surface area contributed by atoms with E-state index in [9.17, 15) is 4.79 Å². The molecule has 0 bridgehead atoms. The molecule has 4 heteroatoms. The molecular weight excluding hydrogens is 264 g/mol. The van der Waals surface area contributed by atoms with Crippen LogP contribution in [0.2, 0.25) is 0 Å². The maximum atomic E-state index is 12.3. The first-order chi connectivity index (χ1) is 9.90. The van der Waals surface area contributed by atoms with Crippen LogP contribution in [0.5, 0.6) is 5.75 Å². The summed E-state index contributed by atoms with van der Waals surface area (Å²) in [5, 5.41) is 3.03. The molecule has 1 amide bonds. The van der Waals surface area contributed by atoms with E-state index < -0.39 is 0 Å². The van der Waals surface area contributed by atoms with Crippen LogP contribution in [0.4, 0.5) is 0 Å². The fourth-order valence-corrected chi connectivity index (χ4v) is 2.29. The molecule has 0 saturated carbocycles. The second kappa shape index (κ2) is 7.84. The third kappa shape index (κ3) is 5.60. The number of amides is 1. The van der Waals surface area contributed by atoms with Crippen LogP contribution in [0, 0.1) is 5.92 Å². The van der Waals surface area contributed by atoms with E-state index in [0.29, 0.717) is 24.6 Å². The zero-order valence-corrected chi connectivity index (χ0v) is 13.2. The Hall–Kier alpha value is -1.81. The fourth-order valence-electron chi connectivity index (χ4n) is 2.29. The zero-order valence-electron chi connectivity index (χ0n) is 13.2. The molecule has 116 valence electrons. The zero-order chi connectivity index (χ0) is 15.9. The van der Waals surface area contributed by atoms with Crippen LogP contribution < -0.4 is 15.8 Å². The number of nitrogens with two attached hydrogens (primary N) is 1. The molecule has 0 heterocycles. The molecule has 4 nitrogen and oxygen atoms in total. The highest BCUT2D eigenvalue weighted by molar-refractivity contribution is 5.94. The first-order valence-electron chi connectivity index (χ1n) is 7.26. The largest absolute Gasteiger partial charge is 0.490 e. The van der Waals surface area contributed by atoms with Gasteiger partial charge in [-0.25, -0.2) is 0 Å². The number of carbonyl (C=O) groups excluding carboxylic acids is 1.